The Morgan fingerprint density at radius 3 is 1.92 bits per heavy atom. The third-order valence-electron chi connectivity index (χ3n) is 1.53. The van der Waals surface area contributed by atoms with Crippen LogP contribution in [-0.2, 0) is 5.06 Å². The largest absolute Gasteiger partial charge is 0.436 e. The van der Waals surface area contributed by atoms with Gasteiger partial charge in [0.25, 0.3) is 5.06 Å². The fourth-order valence-electron chi connectivity index (χ4n) is 0.823. The zero-order chi connectivity index (χ0) is 10.1. The highest BCUT2D eigenvalue weighted by Gasteiger charge is 2.53. The average Bonchev–Trinajstić information content (AvgIpc) is 2.04. The van der Waals surface area contributed by atoms with E-state index in [-0.39, 0.29) is 5.56 Å². The minimum atomic E-state index is -4.88. The Kier molecular flexibility index (Phi) is 2.54. The van der Waals surface area contributed by atoms with Gasteiger partial charge in [0.15, 0.2) is 0 Å². The average molecular weight is 211 g/mol. The number of benzene rings is 1. The maximum absolute atomic E-state index is 12.1. The molecule has 0 saturated heterocycles. The van der Waals surface area contributed by atoms with Gasteiger partial charge in [-0.25, -0.2) is 0 Å². The molecule has 0 radical (unpaired) electrons. The molecule has 13 heavy (non-hydrogen) atoms. The van der Waals surface area contributed by atoms with Gasteiger partial charge in [0.05, 0.1) is 0 Å². The molecule has 1 N–H and O–H groups in total. The van der Waals surface area contributed by atoms with E-state index in [1.54, 1.807) is 0 Å². The molecule has 0 saturated carbocycles. The molecular formula is C8H6ClF3O. The van der Waals surface area contributed by atoms with Crippen LogP contribution in [0.15, 0.2) is 30.3 Å². The molecular weight excluding hydrogens is 205 g/mol. The molecule has 1 aromatic rings. The lowest BCUT2D eigenvalue weighted by molar-refractivity contribution is -0.228. The maximum atomic E-state index is 12.1. The van der Waals surface area contributed by atoms with Gasteiger partial charge in [-0.05, 0) is 0 Å². The van der Waals surface area contributed by atoms with E-state index in [0.717, 1.165) is 12.1 Å². The van der Waals surface area contributed by atoms with Crippen LogP contribution in [0.3, 0.4) is 0 Å². The van der Waals surface area contributed by atoms with Gasteiger partial charge in [-0.3, -0.25) is 0 Å². The summed E-state index contributed by atoms with van der Waals surface area (Å²) in [5.74, 6) is 0. The lowest BCUT2D eigenvalue weighted by Crippen LogP contribution is -2.36. The summed E-state index contributed by atoms with van der Waals surface area (Å²) in [6, 6.07) is 6.50. The zero-order valence-corrected chi connectivity index (χ0v) is 7.10. The minimum absolute atomic E-state index is 0.385. The fourth-order valence-corrected chi connectivity index (χ4v) is 0.949. The molecule has 0 aliphatic carbocycles. The topological polar surface area (TPSA) is 20.2 Å². The molecule has 1 unspecified atom stereocenters. The second-order valence-electron chi connectivity index (χ2n) is 2.49. The second-order valence-corrected chi connectivity index (χ2v) is 3.03. The normalized spacial score (nSPS) is 16.7. The van der Waals surface area contributed by atoms with Crippen LogP contribution in [0, 0.1) is 0 Å². The Hall–Kier alpha value is -0.740. The maximum Gasteiger partial charge on any atom is 0.436 e. The fraction of sp³-hybridized carbons (Fsp3) is 0.250. The lowest BCUT2D eigenvalue weighted by Gasteiger charge is -2.23. The van der Waals surface area contributed by atoms with Crippen LogP contribution in [0.4, 0.5) is 13.2 Å². The van der Waals surface area contributed by atoms with Crippen molar-refractivity contribution >= 4 is 11.6 Å². The van der Waals surface area contributed by atoms with Gasteiger partial charge in [0.2, 0.25) is 0 Å². The lowest BCUT2D eigenvalue weighted by atomic mass is 10.1. The molecule has 0 fully saturated rings. The van der Waals surface area contributed by atoms with Crippen LogP contribution in [0.5, 0.6) is 0 Å². The summed E-state index contributed by atoms with van der Waals surface area (Å²) in [4.78, 5) is 0. The molecule has 1 rings (SSSR count). The summed E-state index contributed by atoms with van der Waals surface area (Å²) in [5, 5.41) is 5.67. The van der Waals surface area contributed by atoms with Crippen molar-refractivity contribution in [1.29, 1.82) is 0 Å². The second kappa shape index (κ2) is 3.20. The van der Waals surface area contributed by atoms with E-state index in [2.05, 4.69) is 0 Å². The van der Waals surface area contributed by atoms with E-state index in [9.17, 15) is 13.2 Å². The highest BCUT2D eigenvalue weighted by Crippen LogP contribution is 2.41. The smallest absolute Gasteiger partial charge is 0.364 e. The Bertz CT molecular complexity index is 281. The van der Waals surface area contributed by atoms with Crippen molar-refractivity contribution in [3.63, 3.8) is 0 Å². The molecule has 0 amide bonds. The molecule has 72 valence electrons. The molecule has 0 aliphatic heterocycles. The van der Waals surface area contributed by atoms with Gasteiger partial charge in [0, 0.05) is 5.56 Å². The van der Waals surface area contributed by atoms with Crippen molar-refractivity contribution in [3.05, 3.63) is 35.9 Å². The van der Waals surface area contributed by atoms with Crippen molar-refractivity contribution in [2.75, 3.05) is 0 Å². The van der Waals surface area contributed by atoms with Crippen molar-refractivity contribution in [2.24, 2.45) is 0 Å². The highest BCUT2D eigenvalue weighted by molar-refractivity contribution is 6.23. The summed E-state index contributed by atoms with van der Waals surface area (Å²) in [7, 11) is 0. The van der Waals surface area contributed by atoms with Crippen LogP contribution in [0.1, 0.15) is 5.56 Å². The SMILES string of the molecule is OC(Cl)(c1ccccc1)C(F)(F)F. The van der Waals surface area contributed by atoms with Crippen LogP contribution in [0.25, 0.3) is 0 Å². The number of hydrogen-bond donors (Lipinski definition) is 1. The number of halogens is 4. The first-order valence-electron chi connectivity index (χ1n) is 3.39. The molecule has 1 nitrogen and oxygen atoms in total. The van der Waals surface area contributed by atoms with Crippen LogP contribution < -0.4 is 0 Å². The summed E-state index contributed by atoms with van der Waals surface area (Å²) in [6.07, 6.45) is -4.88. The summed E-state index contributed by atoms with van der Waals surface area (Å²) < 4.78 is 36.4. The molecule has 0 bridgehead atoms. The van der Waals surface area contributed by atoms with E-state index >= 15 is 0 Å². The van der Waals surface area contributed by atoms with Crippen molar-refractivity contribution in [2.45, 2.75) is 11.2 Å². The van der Waals surface area contributed by atoms with Crippen molar-refractivity contribution in [1.82, 2.24) is 0 Å². The van der Waals surface area contributed by atoms with Gasteiger partial charge in [0.1, 0.15) is 0 Å². The van der Waals surface area contributed by atoms with Gasteiger partial charge >= 0.3 is 6.18 Å². The molecule has 5 heteroatoms. The van der Waals surface area contributed by atoms with Gasteiger partial charge in [-0.15, -0.1) is 0 Å². The number of aliphatic hydroxyl groups is 1. The molecule has 0 spiro atoms. The van der Waals surface area contributed by atoms with E-state index < -0.39 is 11.2 Å². The Morgan fingerprint density at radius 1 is 1.08 bits per heavy atom. The monoisotopic (exact) mass is 210 g/mol. The van der Waals surface area contributed by atoms with Gasteiger partial charge in [-0.2, -0.15) is 13.2 Å². The first kappa shape index (κ1) is 10.3. The Labute approximate surface area is 77.8 Å². The third kappa shape index (κ3) is 1.95. The summed E-state index contributed by atoms with van der Waals surface area (Å²) in [6.45, 7) is 0. The predicted molar refractivity (Wildman–Crippen MR) is 42.2 cm³/mol. The number of rotatable bonds is 1. The standard InChI is InChI=1S/C8H6ClF3O/c9-7(13,8(10,11)12)6-4-2-1-3-5-6/h1-5,13H. The Balaban J connectivity index is 3.08. The molecule has 0 heterocycles. The van der Waals surface area contributed by atoms with Crippen molar-refractivity contribution < 1.29 is 18.3 Å². The highest BCUT2D eigenvalue weighted by atomic mass is 35.5. The van der Waals surface area contributed by atoms with Gasteiger partial charge in [-0.1, -0.05) is 41.9 Å². The quantitative estimate of drug-likeness (QED) is 0.707. The first-order chi connectivity index (χ1) is 5.86. The number of hydrogen-bond acceptors (Lipinski definition) is 1. The van der Waals surface area contributed by atoms with Crippen LogP contribution in [-0.4, -0.2) is 11.3 Å². The minimum Gasteiger partial charge on any atom is -0.364 e. The van der Waals surface area contributed by atoms with Crippen LogP contribution >= 0.6 is 11.6 Å². The Morgan fingerprint density at radius 2 is 1.54 bits per heavy atom. The van der Waals surface area contributed by atoms with E-state index in [1.807, 2.05) is 0 Å². The van der Waals surface area contributed by atoms with Crippen molar-refractivity contribution in [3.8, 4) is 0 Å². The summed E-state index contributed by atoms with van der Waals surface area (Å²) >= 11 is 4.97. The zero-order valence-electron chi connectivity index (χ0n) is 6.35. The van der Waals surface area contributed by atoms with E-state index in [1.165, 1.54) is 18.2 Å². The molecule has 0 aromatic heterocycles. The molecule has 1 aromatic carbocycles. The molecule has 0 aliphatic rings. The molecule has 1 atom stereocenters. The predicted octanol–water partition coefficient (Wildman–Crippen LogP) is 2.63. The van der Waals surface area contributed by atoms with Gasteiger partial charge < -0.3 is 5.11 Å². The van der Waals surface area contributed by atoms with E-state index in [0.29, 0.717) is 0 Å². The van der Waals surface area contributed by atoms with Crippen LogP contribution in [0.2, 0.25) is 0 Å². The first-order valence-corrected chi connectivity index (χ1v) is 3.77. The van der Waals surface area contributed by atoms with E-state index in [4.69, 9.17) is 16.7 Å². The third-order valence-corrected chi connectivity index (χ3v) is 1.96. The number of alkyl halides is 4. The summed E-state index contributed by atoms with van der Waals surface area (Å²) in [5.41, 5.74) is -0.385.